The van der Waals surface area contributed by atoms with Crippen molar-refractivity contribution >= 4 is 5.69 Å². The van der Waals surface area contributed by atoms with Crippen molar-refractivity contribution in [3.63, 3.8) is 0 Å². The predicted molar refractivity (Wildman–Crippen MR) is 60.4 cm³/mol. The molecule has 78 valence electrons. The van der Waals surface area contributed by atoms with Crippen molar-refractivity contribution in [2.24, 2.45) is 5.92 Å². The maximum atomic E-state index is 3.98. The summed E-state index contributed by atoms with van der Waals surface area (Å²) in [4.78, 5) is 3.98. The molecule has 1 unspecified atom stereocenters. The van der Waals surface area contributed by atoms with E-state index >= 15 is 0 Å². The van der Waals surface area contributed by atoms with Gasteiger partial charge in [0.2, 0.25) is 0 Å². The molecule has 0 fully saturated rings. The van der Waals surface area contributed by atoms with E-state index < -0.39 is 0 Å². The van der Waals surface area contributed by atoms with Crippen LogP contribution in [0, 0.1) is 5.92 Å². The molecule has 1 aromatic rings. The molecular weight excluding hydrogens is 174 g/mol. The van der Waals surface area contributed by atoms with Crippen LogP contribution in [0.2, 0.25) is 0 Å². The van der Waals surface area contributed by atoms with E-state index in [9.17, 15) is 0 Å². The highest BCUT2D eigenvalue weighted by Gasteiger charge is 2.03. The van der Waals surface area contributed by atoms with Crippen LogP contribution in [0.25, 0.3) is 0 Å². The van der Waals surface area contributed by atoms with Gasteiger partial charge in [0.1, 0.15) is 0 Å². The third-order valence-electron chi connectivity index (χ3n) is 2.35. The van der Waals surface area contributed by atoms with Crippen molar-refractivity contribution in [1.29, 1.82) is 0 Å². The van der Waals surface area contributed by atoms with Crippen LogP contribution in [0.3, 0.4) is 0 Å². The smallest absolute Gasteiger partial charge is 0.0371 e. The summed E-state index contributed by atoms with van der Waals surface area (Å²) in [7, 11) is 2.00. The number of anilines is 1. The summed E-state index contributed by atoms with van der Waals surface area (Å²) < 4.78 is 0. The van der Waals surface area contributed by atoms with Crippen molar-refractivity contribution < 1.29 is 0 Å². The normalized spacial score (nSPS) is 12.4. The van der Waals surface area contributed by atoms with E-state index in [1.807, 2.05) is 19.2 Å². The molecule has 2 N–H and O–H groups in total. The van der Waals surface area contributed by atoms with Crippen LogP contribution in [-0.4, -0.2) is 25.1 Å². The van der Waals surface area contributed by atoms with E-state index in [0.29, 0.717) is 5.92 Å². The molecule has 14 heavy (non-hydrogen) atoms. The van der Waals surface area contributed by atoms with Crippen molar-refractivity contribution in [3.8, 4) is 0 Å². The van der Waals surface area contributed by atoms with E-state index in [1.54, 1.807) is 12.4 Å². The average molecular weight is 193 g/mol. The second kappa shape index (κ2) is 6.38. The lowest BCUT2D eigenvalue weighted by molar-refractivity contribution is 0.506. The van der Waals surface area contributed by atoms with Gasteiger partial charge in [0.05, 0.1) is 0 Å². The summed E-state index contributed by atoms with van der Waals surface area (Å²) in [6, 6.07) is 3.98. The van der Waals surface area contributed by atoms with Gasteiger partial charge in [-0.2, -0.15) is 0 Å². The number of pyridine rings is 1. The monoisotopic (exact) mass is 193 g/mol. The van der Waals surface area contributed by atoms with Crippen molar-refractivity contribution in [2.45, 2.75) is 13.3 Å². The molecule has 0 bridgehead atoms. The first kappa shape index (κ1) is 11.0. The zero-order chi connectivity index (χ0) is 10.2. The number of rotatable bonds is 6. The third kappa shape index (κ3) is 3.75. The molecule has 3 heteroatoms. The van der Waals surface area contributed by atoms with Crippen LogP contribution in [-0.2, 0) is 0 Å². The molecule has 0 radical (unpaired) electrons. The molecule has 0 saturated carbocycles. The van der Waals surface area contributed by atoms with Gasteiger partial charge >= 0.3 is 0 Å². The van der Waals surface area contributed by atoms with Crippen molar-refractivity contribution in [2.75, 3.05) is 25.5 Å². The summed E-state index contributed by atoms with van der Waals surface area (Å²) in [5.74, 6) is 0.688. The largest absolute Gasteiger partial charge is 0.385 e. The van der Waals surface area contributed by atoms with E-state index in [2.05, 4.69) is 22.5 Å². The van der Waals surface area contributed by atoms with Crippen LogP contribution in [0.5, 0.6) is 0 Å². The Kier molecular flexibility index (Phi) is 5.00. The Morgan fingerprint density at radius 2 is 2.00 bits per heavy atom. The van der Waals surface area contributed by atoms with E-state index in [0.717, 1.165) is 18.8 Å². The molecule has 1 rings (SSSR count). The van der Waals surface area contributed by atoms with Gasteiger partial charge in [-0.15, -0.1) is 0 Å². The topological polar surface area (TPSA) is 37.0 Å². The molecule has 0 aliphatic carbocycles. The van der Waals surface area contributed by atoms with Gasteiger partial charge in [-0.05, 0) is 31.6 Å². The fourth-order valence-corrected chi connectivity index (χ4v) is 1.38. The fourth-order valence-electron chi connectivity index (χ4n) is 1.38. The highest BCUT2D eigenvalue weighted by atomic mass is 14.9. The molecule has 1 heterocycles. The zero-order valence-corrected chi connectivity index (χ0v) is 8.96. The number of nitrogens with zero attached hydrogens (tertiary/aromatic N) is 1. The Labute approximate surface area is 85.9 Å². The maximum Gasteiger partial charge on any atom is 0.0371 e. The summed E-state index contributed by atoms with van der Waals surface area (Å²) >= 11 is 0. The Balaban J connectivity index is 2.32. The molecule has 1 aromatic heterocycles. The molecule has 0 aliphatic rings. The predicted octanol–water partition coefficient (Wildman–Crippen LogP) is 1.74. The Bertz CT molecular complexity index is 236. The van der Waals surface area contributed by atoms with Gasteiger partial charge < -0.3 is 10.6 Å². The maximum absolute atomic E-state index is 3.98. The van der Waals surface area contributed by atoms with Crippen LogP contribution >= 0.6 is 0 Å². The Morgan fingerprint density at radius 3 is 2.57 bits per heavy atom. The van der Waals surface area contributed by atoms with Crippen LogP contribution in [0.15, 0.2) is 24.5 Å². The number of nitrogens with one attached hydrogen (secondary N) is 2. The quantitative estimate of drug-likeness (QED) is 0.722. The van der Waals surface area contributed by atoms with E-state index in [1.165, 1.54) is 6.42 Å². The van der Waals surface area contributed by atoms with E-state index in [-0.39, 0.29) is 0 Å². The molecule has 0 aromatic carbocycles. The average Bonchev–Trinajstić information content (AvgIpc) is 2.25. The van der Waals surface area contributed by atoms with Crippen molar-refractivity contribution in [3.05, 3.63) is 24.5 Å². The summed E-state index contributed by atoms with van der Waals surface area (Å²) in [5.41, 5.74) is 1.15. The zero-order valence-electron chi connectivity index (χ0n) is 8.96. The number of aromatic nitrogens is 1. The lowest BCUT2D eigenvalue weighted by Crippen LogP contribution is -2.24. The van der Waals surface area contributed by atoms with Crippen LogP contribution in [0.1, 0.15) is 13.3 Å². The molecule has 0 saturated heterocycles. The Hall–Kier alpha value is -1.09. The molecular formula is C11H19N3. The first-order chi connectivity index (χ1) is 6.86. The van der Waals surface area contributed by atoms with Gasteiger partial charge in [0.25, 0.3) is 0 Å². The molecule has 0 aliphatic heterocycles. The minimum absolute atomic E-state index is 0.688. The summed E-state index contributed by atoms with van der Waals surface area (Å²) in [5, 5.41) is 6.60. The second-order valence-corrected chi connectivity index (χ2v) is 3.45. The van der Waals surface area contributed by atoms with Crippen LogP contribution < -0.4 is 10.6 Å². The molecule has 3 nitrogen and oxygen atoms in total. The van der Waals surface area contributed by atoms with Gasteiger partial charge in [-0.3, -0.25) is 4.98 Å². The van der Waals surface area contributed by atoms with Crippen molar-refractivity contribution in [1.82, 2.24) is 10.3 Å². The van der Waals surface area contributed by atoms with E-state index in [4.69, 9.17) is 0 Å². The summed E-state index contributed by atoms with van der Waals surface area (Å²) in [6.07, 6.45) is 4.81. The third-order valence-corrected chi connectivity index (χ3v) is 2.35. The highest BCUT2D eigenvalue weighted by Crippen LogP contribution is 2.06. The number of hydrogen-bond acceptors (Lipinski definition) is 3. The standard InChI is InChI=1S/C11H19N3/c1-3-10(8-12-2)9-14-11-4-6-13-7-5-11/h4-7,10,12H,3,8-9H2,1-2H3,(H,13,14). The highest BCUT2D eigenvalue weighted by molar-refractivity contribution is 5.40. The first-order valence-corrected chi connectivity index (χ1v) is 5.15. The second-order valence-electron chi connectivity index (χ2n) is 3.45. The molecule has 1 atom stereocenters. The van der Waals surface area contributed by atoms with Gasteiger partial charge in [-0.1, -0.05) is 13.3 Å². The fraction of sp³-hybridized carbons (Fsp3) is 0.545. The van der Waals surface area contributed by atoms with Gasteiger partial charge in [0.15, 0.2) is 0 Å². The molecule has 0 spiro atoms. The van der Waals surface area contributed by atoms with Crippen LogP contribution in [0.4, 0.5) is 5.69 Å². The summed E-state index contributed by atoms with van der Waals surface area (Å²) in [6.45, 7) is 4.30. The van der Waals surface area contributed by atoms with Gasteiger partial charge in [-0.25, -0.2) is 0 Å². The Morgan fingerprint density at radius 1 is 1.29 bits per heavy atom. The number of hydrogen-bond donors (Lipinski definition) is 2. The minimum atomic E-state index is 0.688. The lowest BCUT2D eigenvalue weighted by Gasteiger charge is -2.15. The minimum Gasteiger partial charge on any atom is -0.385 e. The van der Waals surface area contributed by atoms with Gasteiger partial charge in [0, 0.05) is 24.6 Å². The SMILES string of the molecule is CCC(CNC)CNc1ccncc1. The first-order valence-electron chi connectivity index (χ1n) is 5.15. The molecule has 0 amide bonds. The lowest BCUT2D eigenvalue weighted by atomic mass is 10.1.